The van der Waals surface area contributed by atoms with Gasteiger partial charge in [0.15, 0.2) is 11.5 Å². The molecule has 1 unspecified atom stereocenters. The third-order valence-corrected chi connectivity index (χ3v) is 5.62. The molecule has 2 aromatic rings. The Morgan fingerprint density at radius 2 is 2.04 bits per heavy atom. The Morgan fingerprint density at radius 1 is 1.25 bits per heavy atom. The highest BCUT2D eigenvalue weighted by atomic mass is 16.5. The van der Waals surface area contributed by atoms with E-state index in [4.69, 9.17) is 14.5 Å². The Bertz CT molecular complexity index is 828. The van der Waals surface area contributed by atoms with Gasteiger partial charge in [-0.15, -0.1) is 0 Å². The number of methoxy groups -OCH3 is 1. The van der Waals surface area contributed by atoms with Gasteiger partial charge in [0.2, 0.25) is 5.72 Å². The largest absolute Gasteiger partial charge is 0.493 e. The minimum absolute atomic E-state index is 0.0299. The Labute approximate surface area is 143 Å². The smallest absolute Gasteiger partial charge is 0.204 e. The second-order valence-corrected chi connectivity index (χ2v) is 7.44. The van der Waals surface area contributed by atoms with Crippen molar-refractivity contribution in [2.75, 3.05) is 20.7 Å². The first-order valence-electron chi connectivity index (χ1n) is 8.54. The standard InChI is InChI=1S/C20H24N2O2/c1-19(2)10-7-11-22(3)20(19)13-21-17-15-9-6-5-8-14(15)12-16(23-4)18(17)24-20/h5-6,8-9,12-13H,7,10-11H2,1-4H3. The molecule has 126 valence electrons. The van der Waals surface area contributed by atoms with Crippen LogP contribution in [0.2, 0.25) is 0 Å². The van der Waals surface area contributed by atoms with E-state index in [2.05, 4.69) is 37.9 Å². The van der Waals surface area contributed by atoms with Crippen LogP contribution in [0.3, 0.4) is 0 Å². The van der Waals surface area contributed by atoms with E-state index in [-0.39, 0.29) is 5.41 Å². The van der Waals surface area contributed by atoms with E-state index in [1.807, 2.05) is 24.4 Å². The van der Waals surface area contributed by atoms with Crippen molar-refractivity contribution < 1.29 is 9.47 Å². The molecule has 4 heteroatoms. The van der Waals surface area contributed by atoms with E-state index in [0.717, 1.165) is 40.9 Å². The summed E-state index contributed by atoms with van der Waals surface area (Å²) < 4.78 is 12.3. The average molecular weight is 324 g/mol. The van der Waals surface area contributed by atoms with Crippen LogP contribution in [0.1, 0.15) is 26.7 Å². The van der Waals surface area contributed by atoms with Crippen molar-refractivity contribution >= 4 is 22.7 Å². The van der Waals surface area contributed by atoms with Crippen LogP contribution in [0.15, 0.2) is 35.3 Å². The molecule has 0 N–H and O–H groups in total. The summed E-state index contributed by atoms with van der Waals surface area (Å²) in [6.07, 6.45) is 4.28. The predicted octanol–water partition coefficient (Wildman–Crippen LogP) is 4.39. The predicted molar refractivity (Wildman–Crippen MR) is 97.7 cm³/mol. The Balaban J connectivity index is 1.94. The van der Waals surface area contributed by atoms with E-state index in [1.54, 1.807) is 7.11 Å². The van der Waals surface area contributed by atoms with Gasteiger partial charge in [-0.25, -0.2) is 0 Å². The number of likely N-dealkylation sites (tertiary alicyclic amines) is 1. The van der Waals surface area contributed by atoms with E-state index in [1.165, 1.54) is 6.42 Å². The molecular weight excluding hydrogens is 300 g/mol. The molecule has 4 rings (SSSR count). The Kier molecular flexibility index (Phi) is 3.36. The maximum Gasteiger partial charge on any atom is 0.204 e. The molecule has 2 aliphatic heterocycles. The number of rotatable bonds is 1. The molecule has 0 bridgehead atoms. The number of nitrogens with zero attached hydrogens (tertiary/aromatic N) is 2. The van der Waals surface area contributed by atoms with Crippen LogP contribution in [0.5, 0.6) is 11.5 Å². The SMILES string of the molecule is COc1cc2ccccc2c2c1OC1(C=N2)N(C)CCCC1(C)C. The van der Waals surface area contributed by atoms with Gasteiger partial charge in [0, 0.05) is 17.3 Å². The molecule has 1 saturated heterocycles. The lowest BCUT2D eigenvalue weighted by Gasteiger charge is -2.53. The number of ether oxygens (including phenoxy) is 2. The Hall–Kier alpha value is -2.07. The minimum Gasteiger partial charge on any atom is -0.493 e. The fraction of sp³-hybridized carbons (Fsp3) is 0.450. The summed E-state index contributed by atoms with van der Waals surface area (Å²) in [5, 5.41) is 2.21. The van der Waals surface area contributed by atoms with Crippen molar-refractivity contribution in [1.82, 2.24) is 4.90 Å². The summed E-state index contributed by atoms with van der Waals surface area (Å²) in [5.74, 6) is 1.50. The Morgan fingerprint density at radius 3 is 2.79 bits per heavy atom. The molecule has 0 amide bonds. The van der Waals surface area contributed by atoms with Crippen LogP contribution in [0.4, 0.5) is 5.69 Å². The van der Waals surface area contributed by atoms with Gasteiger partial charge in [0.05, 0.1) is 13.3 Å². The lowest BCUT2D eigenvalue weighted by atomic mass is 9.73. The maximum atomic E-state index is 6.67. The second kappa shape index (κ2) is 5.21. The van der Waals surface area contributed by atoms with Crippen molar-refractivity contribution in [1.29, 1.82) is 0 Å². The van der Waals surface area contributed by atoms with Crippen LogP contribution in [-0.4, -0.2) is 37.5 Å². The lowest BCUT2D eigenvalue weighted by Crippen LogP contribution is -2.65. The number of hydrogen-bond acceptors (Lipinski definition) is 4. The number of aliphatic imine (C=N–C) groups is 1. The van der Waals surface area contributed by atoms with Crippen LogP contribution in [0, 0.1) is 5.41 Å². The van der Waals surface area contributed by atoms with Gasteiger partial charge >= 0.3 is 0 Å². The summed E-state index contributed by atoms with van der Waals surface area (Å²) in [6, 6.07) is 10.3. The zero-order chi connectivity index (χ0) is 16.9. The number of hydrogen-bond donors (Lipinski definition) is 0. The topological polar surface area (TPSA) is 34.1 Å². The van der Waals surface area contributed by atoms with Crippen molar-refractivity contribution in [2.45, 2.75) is 32.4 Å². The molecule has 1 atom stereocenters. The molecule has 24 heavy (non-hydrogen) atoms. The summed E-state index contributed by atoms with van der Waals surface area (Å²) in [4.78, 5) is 7.16. The second-order valence-electron chi connectivity index (χ2n) is 7.44. The lowest BCUT2D eigenvalue weighted by molar-refractivity contribution is -0.123. The third-order valence-electron chi connectivity index (χ3n) is 5.62. The first-order chi connectivity index (χ1) is 11.5. The summed E-state index contributed by atoms with van der Waals surface area (Å²) >= 11 is 0. The molecular formula is C20H24N2O2. The molecule has 2 aliphatic rings. The van der Waals surface area contributed by atoms with Gasteiger partial charge in [0.25, 0.3) is 0 Å². The molecule has 0 aromatic heterocycles. The first-order valence-corrected chi connectivity index (χ1v) is 8.54. The molecule has 2 heterocycles. The van der Waals surface area contributed by atoms with Crippen molar-refractivity contribution in [2.24, 2.45) is 10.4 Å². The normalized spacial score (nSPS) is 25.5. The summed E-state index contributed by atoms with van der Waals surface area (Å²) in [7, 11) is 3.81. The van der Waals surface area contributed by atoms with Gasteiger partial charge in [-0.2, -0.15) is 0 Å². The van der Waals surface area contributed by atoms with Crippen LogP contribution in [-0.2, 0) is 0 Å². The molecule has 0 aliphatic carbocycles. The first kappa shape index (κ1) is 15.5. The van der Waals surface area contributed by atoms with Crippen LogP contribution in [0.25, 0.3) is 10.8 Å². The summed E-state index contributed by atoms with van der Waals surface area (Å²) in [5.41, 5.74) is 0.302. The summed E-state index contributed by atoms with van der Waals surface area (Å²) in [6.45, 7) is 5.51. The van der Waals surface area contributed by atoms with Gasteiger partial charge in [-0.05, 0) is 31.3 Å². The quantitative estimate of drug-likeness (QED) is 0.780. The van der Waals surface area contributed by atoms with Crippen molar-refractivity contribution in [3.05, 3.63) is 30.3 Å². The molecule has 0 radical (unpaired) electrons. The highest BCUT2D eigenvalue weighted by molar-refractivity contribution is 6.00. The monoisotopic (exact) mass is 324 g/mol. The van der Waals surface area contributed by atoms with Gasteiger partial charge in [-0.3, -0.25) is 9.89 Å². The number of fused-ring (bicyclic) bond motifs is 3. The van der Waals surface area contributed by atoms with Gasteiger partial charge in [-0.1, -0.05) is 38.1 Å². The highest BCUT2D eigenvalue weighted by Gasteiger charge is 2.53. The zero-order valence-electron chi connectivity index (χ0n) is 14.8. The molecule has 0 saturated carbocycles. The van der Waals surface area contributed by atoms with E-state index in [9.17, 15) is 0 Å². The fourth-order valence-electron chi connectivity index (χ4n) is 4.11. The number of benzene rings is 2. The molecule has 1 fully saturated rings. The fourth-order valence-corrected chi connectivity index (χ4v) is 4.11. The van der Waals surface area contributed by atoms with E-state index in [0.29, 0.717) is 0 Å². The zero-order valence-corrected chi connectivity index (χ0v) is 14.8. The number of piperidine rings is 1. The highest BCUT2D eigenvalue weighted by Crippen LogP contribution is 2.52. The van der Waals surface area contributed by atoms with E-state index >= 15 is 0 Å². The molecule has 2 aromatic carbocycles. The van der Waals surface area contributed by atoms with E-state index < -0.39 is 5.72 Å². The van der Waals surface area contributed by atoms with Crippen LogP contribution >= 0.6 is 0 Å². The van der Waals surface area contributed by atoms with Crippen molar-refractivity contribution in [3.8, 4) is 11.5 Å². The van der Waals surface area contributed by atoms with Crippen LogP contribution < -0.4 is 9.47 Å². The van der Waals surface area contributed by atoms with Gasteiger partial charge in [0.1, 0.15) is 5.69 Å². The molecule has 4 nitrogen and oxygen atoms in total. The van der Waals surface area contributed by atoms with Crippen molar-refractivity contribution in [3.63, 3.8) is 0 Å². The molecule has 1 spiro atoms. The maximum absolute atomic E-state index is 6.67. The van der Waals surface area contributed by atoms with Gasteiger partial charge < -0.3 is 9.47 Å². The third kappa shape index (κ3) is 1.99. The average Bonchev–Trinajstić information content (AvgIpc) is 2.58. The minimum atomic E-state index is -0.534.